The normalized spacial score (nSPS) is 10.6. The van der Waals surface area contributed by atoms with Crippen LogP contribution in [0, 0.1) is 6.92 Å². The molecule has 1 aromatic carbocycles. The number of rotatable bonds is 5. The van der Waals surface area contributed by atoms with Crippen molar-refractivity contribution in [2.75, 3.05) is 20.8 Å². The van der Waals surface area contributed by atoms with Crippen molar-refractivity contribution >= 4 is 0 Å². The molecule has 2 rings (SSSR count). The first kappa shape index (κ1) is 12.7. The Labute approximate surface area is 108 Å². The molecule has 0 bridgehead atoms. The van der Waals surface area contributed by atoms with Crippen LogP contribution in [0.4, 0.5) is 0 Å². The number of aromatic nitrogens is 1. The fourth-order valence-corrected chi connectivity index (χ4v) is 2.08. The second kappa shape index (κ2) is 5.74. The summed E-state index contributed by atoms with van der Waals surface area (Å²) in [6.45, 7) is 3.69. The molecule has 0 N–H and O–H groups in total. The minimum Gasteiger partial charge on any atom is -0.497 e. The molecule has 0 amide bonds. The van der Waals surface area contributed by atoms with Gasteiger partial charge in [-0.1, -0.05) is 12.1 Å². The van der Waals surface area contributed by atoms with Gasteiger partial charge < -0.3 is 14.0 Å². The summed E-state index contributed by atoms with van der Waals surface area (Å²) in [4.78, 5) is 0. The standard InChI is InChI=1S/C15H19NO2/c1-12-7-8-15(16(12)9-10-17-2)13-5-4-6-14(11-13)18-3/h4-8,11H,9-10H2,1-3H3. The Morgan fingerprint density at radius 1 is 1.11 bits per heavy atom. The lowest BCUT2D eigenvalue weighted by Crippen LogP contribution is -2.07. The summed E-state index contributed by atoms with van der Waals surface area (Å²) in [5.41, 5.74) is 3.60. The van der Waals surface area contributed by atoms with Crippen molar-refractivity contribution in [1.29, 1.82) is 0 Å². The second-order valence-electron chi connectivity index (χ2n) is 4.24. The van der Waals surface area contributed by atoms with Crippen LogP contribution in [-0.4, -0.2) is 25.4 Å². The maximum atomic E-state index is 5.27. The van der Waals surface area contributed by atoms with E-state index in [9.17, 15) is 0 Å². The molecule has 3 heteroatoms. The van der Waals surface area contributed by atoms with E-state index in [-0.39, 0.29) is 0 Å². The van der Waals surface area contributed by atoms with E-state index in [1.807, 2.05) is 12.1 Å². The highest BCUT2D eigenvalue weighted by Gasteiger charge is 2.07. The highest BCUT2D eigenvalue weighted by Crippen LogP contribution is 2.25. The van der Waals surface area contributed by atoms with E-state index < -0.39 is 0 Å². The molecule has 0 saturated carbocycles. The highest BCUT2D eigenvalue weighted by molar-refractivity contribution is 5.62. The van der Waals surface area contributed by atoms with Gasteiger partial charge in [-0.15, -0.1) is 0 Å². The average Bonchev–Trinajstić information content (AvgIpc) is 2.77. The Kier molecular flexibility index (Phi) is 4.05. The first-order valence-corrected chi connectivity index (χ1v) is 6.05. The van der Waals surface area contributed by atoms with Crippen molar-refractivity contribution in [2.45, 2.75) is 13.5 Å². The predicted molar refractivity (Wildman–Crippen MR) is 73.0 cm³/mol. The molecule has 0 fully saturated rings. The molecular formula is C15H19NO2. The van der Waals surface area contributed by atoms with Crippen molar-refractivity contribution < 1.29 is 9.47 Å². The molecule has 0 aliphatic carbocycles. The van der Waals surface area contributed by atoms with Gasteiger partial charge in [-0.3, -0.25) is 0 Å². The topological polar surface area (TPSA) is 23.4 Å². The number of methoxy groups -OCH3 is 2. The predicted octanol–water partition coefficient (Wildman–Crippen LogP) is 3.12. The Hall–Kier alpha value is -1.74. The Morgan fingerprint density at radius 2 is 1.94 bits per heavy atom. The number of nitrogens with zero attached hydrogens (tertiary/aromatic N) is 1. The van der Waals surface area contributed by atoms with Gasteiger partial charge in [0.15, 0.2) is 0 Å². The lowest BCUT2D eigenvalue weighted by Gasteiger charge is -2.12. The number of benzene rings is 1. The Bertz CT molecular complexity index is 517. The molecule has 1 heterocycles. The third-order valence-corrected chi connectivity index (χ3v) is 3.08. The minimum absolute atomic E-state index is 0.715. The molecule has 96 valence electrons. The zero-order valence-corrected chi connectivity index (χ0v) is 11.1. The number of ether oxygens (including phenoxy) is 2. The van der Waals surface area contributed by atoms with Crippen LogP contribution in [-0.2, 0) is 11.3 Å². The Balaban J connectivity index is 2.37. The molecule has 0 saturated heterocycles. The molecule has 0 spiro atoms. The number of hydrogen-bond acceptors (Lipinski definition) is 2. The van der Waals surface area contributed by atoms with Crippen molar-refractivity contribution in [3.05, 3.63) is 42.1 Å². The summed E-state index contributed by atoms with van der Waals surface area (Å²) in [6.07, 6.45) is 0. The SMILES string of the molecule is COCCn1c(C)ccc1-c1cccc(OC)c1. The molecule has 0 atom stereocenters. The highest BCUT2D eigenvalue weighted by atomic mass is 16.5. The van der Waals surface area contributed by atoms with E-state index in [4.69, 9.17) is 9.47 Å². The lowest BCUT2D eigenvalue weighted by molar-refractivity contribution is 0.187. The number of aryl methyl sites for hydroxylation is 1. The van der Waals surface area contributed by atoms with E-state index in [1.54, 1.807) is 14.2 Å². The second-order valence-corrected chi connectivity index (χ2v) is 4.24. The van der Waals surface area contributed by atoms with Crippen molar-refractivity contribution in [3.63, 3.8) is 0 Å². The smallest absolute Gasteiger partial charge is 0.119 e. The van der Waals surface area contributed by atoms with Crippen LogP contribution < -0.4 is 4.74 Å². The average molecular weight is 245 g/mol. The summed E-state index contributed by atoms with van der Waals surface area (Å²) < 4.78 is 12.7. The quantitative estimate of drug-likeness (QED) is 0.808. The maximum absolute atomic E-state index is 5.27. The third-order valence-electron chi connectivity index (χ3n) is 3.08. The lowest BCUT2D eigenvalue weighted by atomic mass is 10.1. The number of hydrogen-bond donors (Lipinski definition) is 0. The molecule has 3 nitrogen and oxygen atoms in total. The van der Waals surface area contributed by atoms with Gasteiger partial charge in [0.2, 0.25) is 0 Å². The molecule has 1 aromatic heterocycles. The van der Waals surface area contributed by atoms with Crippen LogP contribution in [0.15, 0.2) is 36.4 Å². The molecule has 0 aliphatic heterocycles. The van der Waals surface area contributed by atoms with Crippen LogP contribution in [0.25, 0.3) is 11.3 Å². The molecule has 0 unspecified atom stereocenters. The van der Waals surface area contributed by atoms with Gasteiger partial charge >= 0.3 is 0 Å². The molecule has 0 aliphatic rings. The van der Waals surface area contributed by atoms with E-state index in [1.165, 1.54) is 17.0 Å². The molecule has 2 aromatic rings. The van der Waals surface area contributed by atoms with Gasteiger partial charge in [-0.05, 0) is 31.2 Å². The summed E-state index contributed by atoms with van der Waals surface area (Å²) in [6, 6.07) is 12.4. The fourth-order valence-electron chi connectivity index (χ4n) is 2.08. The molecule has 18 heavy (non-hydrogen) atoms. The van der Waals surface area contributed by atoms with Gasteiger partial charge in [0.1, 0.15) is 5.75 Å². The van der Waals surface area contributed by atoms with Crippen LogP contribution in [0.3, 0.4) is 0 Å². The van der Waals surface area contributed by atoms with Crippen molar-refractivity contribution in [2.24, 2.45) is 0 Å². The van der Waals surface area contributed by atoms with Gasteiger partial charge in [0.05, 0.1) is 13.7 Å². The molecular weight excluding hydrogens is 226 g/mol. The van der Waals surface area contributed by atoms with Crippen molar-refractivity contribution in [3.8, 4) is 17.0 Å². The fraction of sp³-hybridized carbons (Fsp3) is 0.333. The first-order valence-electron chi connectivity index (χ1n) is 6.05. The van der Waals surface area contributed by atoms with Crippen molar-refractivity contribution in [1.82, 2.24) is 4.57 Å². The van der Waals surface area contributed by atoms with Crippen LogP contribution >= 0.6 is 0 Å². The summed E-state index contributed by atoms with van der Waals surface area (Å²) in [5.74, 6) is 0.879. The zero-order valence-electron chi connectivity index (χ0n) is 11.1. The summed E-state index contributed by atoms with van der Waals surface area (Å²) >= 11 is 0. The van der Waals surface area contributed by atoms with Crippen LogP contribution in [0.5, 0.6) is 5.75 Å². The monoisotopic (exact) mass is 245 g/mol. The molecule has 0 radical (unpaired) electrons. The van der Waals surface area contributed by atoms with Crippen LogP contribution in [0.2, 0.25) is 0 Å². The largest absolute Gasteiger partial charge is 0.497 e. The van der Waals surface area contributed by atoms with Gasteiger partial charge in [0.25, 0.3) is 0 Å². The minimum atomic E-state index is 0.715. The van der Waals surface area contributed by atoms with E-state index >= 15 is 0 Å². The third kappa shape index (κ3) is 2.57. The summed E-state index contributed by atoms with van der Waals surface area (Å²) in [7, 11) is 3.42. The zero-order chi connectivity index (χ0) is 13.0. The van der Waals surface area contributed by atoms with Crippen LogP contribution in [0.1, 0.15) is 5.69 Å². The van der Waals surface area contributed by atoms with Gasteiger partial charge in [0, 0.05) is 30.6 Å². The maximum Gasteiger partial charge on any atom is 0.119 e. The van der Waals surface area contributed by atoms with E-state index in [0.717, 1.165) is 12.3 Å². The Morgan fingerprint density at radius 3 is 2.67 bits per heavy atom. The van der Waals surface area contributed by atoms with E-state index in [2.05, 4.69) is 35.8 Å². The first-order chi connectivity index (χ1) is 8.76. The van der Waals surface area contributed by atoms with Gasteiger partial charge in [-0.25, -0.2) is 0 Å². The van der Waals surface area contributed by atoms with E-state index in [0.29, 0.717) is 6.61 Å². The van der Waals surface area contributed by atoms with Gasteiger partial charge in [-0.2, -0.15) is 0 Å². The summed E-state index contributed by atoms with van der Waals surface area (Å²) in [5, 5.41) is 0.